The number of benzene rings is 2. The van der Waals surface area contributed by atoms with Gasteiger partial charge in [0.25, 0.3) is 5.91 Å². The van der Waals surface area contributed by atoms with Gasteiger partial charge in [-0.2, -0.15) is 0 Å². The predicted molar refractivity (Wildman–Crippen MR) is 91.4 cm³/mol. The van der Waals surface area contributed by atoms with Crippen molar-refractivity contribution in [1.82, 2.24) is 10.2 Å². The Morgan fingerprint density at radius 2 is 1.91 bits per heavy atom. The van der Waals surface area contributed by atoms with Crippen molar-refractivity contribution in [3.8, 4) is 16.9 Å². The number of amides is 1. The molecule has 3 rings (SSSR count). The third-order valence-electron chi connectivity index (χ3n) is 4.14. The van der Waals surface area contributed by atoms with Crippen LogP contribution >= 0.6 is 0 Å². The molecule has 1 N–H and O–H groups in total. The molecule has 120 valence electrons. The minimum atomic E-state index is 0.0434. The van der Waals surface area contributed by atoms with Gasteiger partial charge in [0.05, 0.1) is 0 Å². The second kappa shape index (κ2) is 7.29. The molecule has 0 spiro atoms. The van der Waals surface area contributed by atoms with Gasteiger partial charge in [0.15, 0.2) is 6.61 Å². The number of nitrogens with one attached hydrogen (secondary N) is 1. The Kier molecular flexibility index (Phi) is 4.93. The highest BCUT2D eigenvalue weighted by atomic mass is 16.5. The predicted octanol–water partition coefficient (Wildman–Crippen LogP) is 2.55. The van der Waals surface area contributed by atoms with Crippen LogP contribution in [0.4, 0.5) is 0 Å². The summed E-state index contributed by atoms with van der Waals surface area (Å²) >= 11 is 0. The van der Waals surface area contributed by atoms with E-state index in [0.29, 0.717) is 0 Å². The first kappa shape index (κ1) is 15.6. The molecule has 1 amide bonds. The van der Waals surface area contributed by atoms with Crippen LogP contribution in [0.3, 0.4) is 0 Å². The van der Waals surface area contributed by atoms with Crippen LogP contribution in [0, 0.1) is 0 Å². The summed E-state index contributed by atoms with van der Waals surface area (Å²) in [6, 6.07) is 18.1. The highest BCUT2D eigenvalue weighted by Gasteiger charge is 2.23. The fraction of sp³-hybridized carbons (Fsp3) is 0.316. The van der Waals surface area contributed by atoms with Crippen molar-refractivity contribution in [3.05, 3.63) is 54.6 Å². The molecule has 4 heteroatoms. The third kappa shape index (κ3) is 3.71. The fourth-order valence-corrected chi connectivity index (χ4v) is 2.88. The fourth-order valence-electron chi connectivity index (χ4n) is 2.88. The number of hydrogen-bond acceptors (Lipinski definition) is 3. The van der Waals surface area contributed by atoms with E-state index in [2.05, 4.69) is 12.2 Å². The van der Waals surface area contributed by atoms with Crippen molar-refractivity contribution in [2.24, 2.45) is 0 Å². The Morgan fingerprint density at radius 1 is 1.17 bits per heavy atom. The largest absolute Gasteiger partial charge is 0.483 e. The van der Waals surface area contributed by atoms with Crippen LogP contribution in [0.5, 0.6) is 5.75 Å². The van der Waals surface area contributed by atoms with Gasteiger partial charge in [-0.1, -0.05) is 48.5 Å². The second-order valence-electron chi connectivity index (χ2n) is 5.79. The van der Waals surface area contributed by atoms with Gasteiger partial charge in [-0.25, -0.2) is 0 Å². The van der Waals surface area contributed by atoms with E-state index in [1.807, 2.05) is 59.5 Å². The molecule has 0 unspecified atom stereocenters. The van der Waals surface area contributed by atoms with Crippen LogP contribution in [0.15, 0.2) is 54.6 Å². The molecule has 0 aliphatic carbocycles. The molecule has 1 aliphatic rings. The van der Waals surface area contributed by atoms with E-state index in [1.165, 1.54) is 0 Å². The van der Waals surface area contributed by atoms with Crippen LogP contribution in [0.25, 0.3) is 11.1 Å². The molecule has 0 aromatic heterocycles. The zero-order chi connectivity index (χ0) is 16.1. The first-order valence-corrected chi connectivity index (χ1v) is 8.03. The van der Waals surface area contributed by atoms with Gasteiger partial charge in [0, 0.05) is 31.2 Å². The number of ether oxygens (including phenoxy) is 1. The monoisotopic (exact) mass is 310 g/mol. The highest BCUT2D eigenvalue weighted by molar-refractivity contribution is 5.79. The summed E-state index contributed by atoms with van der Waals surface area (Å²) in [5, 5.41) is 3.29. The van der Waals surface area contributed by atoms with Crippen molar-refractivity contribution in [1.29, 1.82) is 0 Å². The number of carbonyl (C=O) groups excluding carboxylic acids is 1. The van der Waals surface area contributed by atoms with Crippen LogP contribution in [-0.4, -0.2) is 43.1 Å². The van der Waals surface area contributed by atoms with E-state index in [9.17, 15) is 4.79 Å². The SMILES string of the molecule is C[C@H]1CNCCN1C(=O)COc1ccccc1-c1ccccc1. The average molecular weight is 310 g/mol. The smallest absolute Gasteiger partial charge is 0.260 e. The molecule has 1 atom stereocenters. The van der Waals surface area contributed by atoms with Gasteiger partial charge >= 0.3 is 0 Å². The molecule has 2 aromatic carbocycles. The lowest BCUT2D eigenvalue weighted by Crippen LogP contribution is -2.53. The molecule has 23 heavy (non-hydrogen) atoms. The van der Waals surface area contributed by atoms with Crippen molar-refractivity contribution in [3.63, 3.8) is 0 Å². The van der Waals surface area contributed by atoms with Crippen LogP contribution in [0.1, 0.15) is 6.92 Å². The highest BCUT2D eigenvalue weighted by Crippen LogP contribution is 2.29. The molecule has 1 heterocycles. The van der Waals surface area contributed by atoms with Crippen LogP contribution in [-0.2, 0) is 4.79 Å². The lowest BCUT2D eigenvalue weighted by atomic mass is 10.1. The van der Waals surface area contributed by atoms with Gasteiger partial charge in [0.2, 0.25) is 0 Å². The first-order valence-electron chi connectivity index (χ1n) is 8.03. The lowest BCUT2D eigenvalue weighted by Gasteiger charge is -2.33. The zero-order valence-corrected chi connectivity index (χ0v) is 13.4. The van der Waals surface area contributed by atoms with Crippen molar-refractivity contribution in [2.45, 2.75) is 13.0 Å². The van der Waals surface area contributed by atoms with Gasteiger partial charge in [-0.05, 0) is 18.6 Å². The minimum absolute atomic E-state index is 0.0434. The van der Waals surface area contributed by atoms with E-state index < -0.39 is 0 Å². The molecular weight excluding hydrogens is 288 g/mol. The van der Waals surface area contributed by atoms with E-state index >= 15 is 0 Å². The normalized spacial score (nSPS) is 17.8. The average Bonchev–Trinajstić information content (AvgIpc) is 2.61. The number of carbonyl (C=O) groups is 1. The Balaban J connectivity index is 1.70. The van der Waals surface area contributed by atoms with Crippen molar-refractivity contribution < 1.29 is 9.53 Å². The molecular formula is C19H22N2O2. The maximum Gasteiger partial charge on any atom is 0.260 e. The summed E-state index contributed by atoms with van der Waals surface area (Å²) in [6.07, 6.45) is 0. The minimum Gasteiger partial charge on any atom is -0.483 e. The zero-order valence-electron chi connectivity index (χ0n) is 13.4. The summed E-state index contributed by atoms with van der Waals surface area (Å²) < 4.78 is 5.84. The van der Waals surface area contributed by atoms with E-state index in [-0.39, 0.29) is 18.6 Å². The summed E-state index contributed by atoms with van der Waals surface area (Å²) in [5.41, 5.74) is 2.10. The Bertz CT molecular complexity index is 657. The van der Waals surface area contributed by atoms with Gasteiger partial charge < -0.3 is 15.0 Å². The quantitative estimate of drug-likeness (QED) is 0.943. The van der Waals surface area contributed by atoms with Gasteiger partial charge in [0.1, 0.15) is 5.75 Å². The maximum absolute atomic E-state index is 12.4. The summed E-state index contributed by atoms with van der Waals surface area (Å²) in [5.74, 6) is 0.789. The number of para-hydroxylation sites is 1. The maximum atomic E-state index is 12.4. The van der Waals surface area contributed by atoms with E-state index in [1.54, 1.807) is 0 Å². The number of piperazine rings is 1. The number of nitrogens with zero attached hydrogens (tertiary/aromatic N) is 1. The van der Waals surface area contributed by atoms with E-state index in [0.717, 1.165) is 36.5 Å². The van der Waals surface area contributed by atoms with Crippen LogP contribution in [0.2, 0.25) is 0 Å². The molecule has 2 aromatic rings. The standard InChI is InChI=1S/C19H22N2O2/c1-15-13-20-11-12-21(15)19(22)14-23-18-10-6-5-9-17(18)16-7-3-2-4-8-16/h2-10,15,20H,11-14H2,1H3/t15-/m0/s1. The summed E-state index contributed by atoms with van der Waals surface area (Å²) in [4.78, 5) is 14.3. The van der Waals surface area contributed by atoms with Gasteiger partial charge in [-0.3, -0.25) is 4.79 Å². The summed E-state index contributed by atoms with van der Waals surface area (Å²) in [7, 11) is 0. The molecule has 0 saturated carbocycles. The number of rotatable bonds is 4. The molecule has 0 bridgehead atoms. The summed E-state index contributed by atoms with van der Waals surface area (Å²) in [6.45, 7) is 4.56. The lowest BCUT2D eigenvalue weighted by molar-refractivity contribution is -0.136. The van der Waals surface area contributed by atoms with Crippen molar-refractivity contribution >= 4 is 5.91 Å². The molecule has 0 radical (unpaired) electrons. The van der Waals surface area contributed by atoms with E-state index in [4.69, 9.17) is 4.74 Å². The van der Waals surface area contributed by atoms with Gasteiger partial charge in [-0.15, -0.1) is 0 Å². The number of hydrogen-bond donors (Lipinski definition) is 1. The molecule has 4 nitrogen and oxygen atoms in total. The molecule has 1 fully saturated rings. The third-order valence-corrected chi connectivity index (χ3v) is 4.14. The molecule has 1 aliphatic heterocycles. The first-order chi connectivity index (χ1) is 11.3. The Morgan fingerprint density at radius 3 is 2.70 bits per heavy atom. The second-order valence-corrected chi connectivity index (χ2v) is 5.79. The Labute approximate surface area is 137 Å². The van der Waals surface area contributed by atoms with Crippen molar-refractivity contribution in [2.75, 3.05) is 26.2 Å². The Hall–Kier alpha value is -2.33. The van der Waals surface area contributed by atoms with Crippen LogP contribution < -0.4 is 10.1 Å². The topological polar surface area (TPSA) is 41.6 Å². The molecule has 1 saturated heterocycles.